The van der Waals surface area contributed by atoms with Crippen molar-refractivity contribution < 1.29 is 14.9 Å². The molecule has 0 unspecified atom stereocenters. The summed E-state index contributed by atoms with van der Waals surface area (Å²) in [5, 5.41) is 19.9. The first-order valence-electron chi connectivity index (χ1n) is 6.51. The average Bonchev–Trinajstić information content (AvgIpc) is 2.85. The Morgan fingerprint density at radius 3 is 2.44 bits per heavy atom. The summed E-state index contributed by atoms with van der Waals surface area (Å²) in [5.41, 5.74) is 0. The Kier molecular flexibility index (Phi) is 3.92. The summed E-state index contributed by atoms with van der Waals surface area (Å²) in [4.78, 5) is 0. The maximum absolute atomic E-state index is 9.85. The lowest BCUT2D eigenvalue weighted by molar-refractivity contribution is -0.0427. The predicted octanol–water partition coefficient (Wildman–Crippen LogP) is 1.04. The molecule has 0 bridgehead atoms. The zero-order valence-corrected chi connectivity index (χ0v) is 12.1. The van der Waals surface area contributed by atoms with Crippen molar-refractivity contribution in [3.8, 4) is 0 Å². The molecular weight excluding hydrogens is 244 g/mol. The highest BCUT2D eigenvalue weighted by atomic mass is 28.3. The van der Waals surface area contributed by atoms with Gasteiger partial charge in [0.25, 0.3) is 0 Å². The van der Waals surface area contributed by atoms with E-state index in [1.54, 1.807) is 0 Å². The van der Waals surface area contributed by atoms with Crippen LogP contribution in [-0.4, -0.2) is 42.8 Å². The summed E-state index contributed by atoms with van der Waals surface area (Å²) < 4.78 is 6.03. The fourth-order valence-corrected chi connectivity index (χ4v) is 6.03. The Morgan fingerprint density at radius 1 is 1.28 bits per heavy atom. The molecule has 1 saturated heterocycles. The van der Waals surface area contributed by atoms with E-state index < -0.39 is 13.3 Å². The molecule has 1 aliphatic rings. The van der Waals surface area contributed by atoms with E-state index in [1.165, 1.54) is 5.19 Å². The molecule has 0 radical (unpaired) electrons. The van der Waals surface area contributed by atoms with Crippen molar-refractivity contribution in [2.45, 2.75) is 37.3 Å². The predicted molar refractivity (Wildman–Crippen MR) is 74.6 cm³/mol. The van der Waals surface area contributed by atoms with Gasteiger partial charge in [-0.2, -0.15) is 0 Å². The summed E-state index contributed by atoms with van der Waals surface area (Å²) >= 11 is 0. The van der Waals surface area contributed by atoms with Crippen molar-refractivity contribution in [3.63, 3.8) is 0 Å². The zero-order chi connectivity index (χ0) is 13.2. The van der Waals surface area contributed by atoms with Gasteiger partial charge in [0, 0.05) is 0 Å². The third kappa shape index (κ3) is 2.14. The summed E-state index contributed by atoms with van der Waals surface area (Å²) in [6.45, 7) is 4.55. The van der Waals surface area contributed by atoms with E-state index in [9.17, 15) is 10.2 Å². The van der Waals surface area contributed by atoms with Crippen LogP contribution >= 0.6 is 0 Å². The molecule has 0 aromatic heterocycles. The average molecular weight is 266 g/mol. The smallest absolute Gasteiger partial charge is 0.120 e. The molecule has 100 valence electrons. The standard InChI is InChI=1S/C14H22O3Si/c1-18(2,13-6-4-3-5-7-13)14(11-16)9-8-12(10-15)17-14/h3-7,12,15-16H,8-11H2,1-2H3/t12-,14-/m1/s1. The Hall–Kier alpha value is -0.683. The van der Waals surface area contributed by atoms with Crippen LogP contribution in [0.15, 0.2) is 30.3 Å². The third-order valence-corrected chi connectivity index (χ3v) is 8.94. The first-order valence-corrected chi connectivity index (χ1v) is 9.51. The molecule has 0 amide bonds. The largest absolute Gasteiger partial charge is 0.394 e. The number of benzene rings is 1. The van der Waals surface area contributed by atoms with Crippen molar-refractivity contribution in [3.05, 3.63) is 30.3 Å². The SMILES string of the molecule is C[Si](C)(c1ccccc1)[C@@]1(CO)CC[C@H](CO)O1. The van der Waals surface area contributed by atoms with Crippen LogP contribution in [0.5, 0.6) is 0 Å². The Morgan fingerprint density at radius 2 is 1.94 bits per heavy atom. The summed E-state index contributed by atoms with van der Waals surface area (Å²) in [6.07, 6.45) is 1.55. The normalized spacial score (nSPS) is 28.6. The monoisotopic (exact) mass is 266 g/mol. The van der Waals surface area contributed by atoms with Crippen molar-refractivity contribution >= 4 is 13.3 Å². The van der Waals surface area contributed by atoms with Crippen LogP contribution in [0.4, 0.5) is 0 Å². The van der Waals surface area contributed by atoms with Gasteiger partial charge in [-0.25, -0.2) is 0 Å². The van der Waals surface area contributed by atoms with Gasteiger partial charge in [-0.3, -0.25) is 0 Å². The molecule has 3 nitrogen and oxygen atoms in total. The molecule has 0 aliphatic carbocycles. The topological polar surface area (TPSA) is 49.7 Å². The Balaban J connectivity index is 2.33. The molecule has 1 aromatic rings. The van der Waals surface area contributed by atoms with Crippen molar-refractivity contribution in [2.75, 3.05) is 13.2 Å². The van der Waals surface area contributed by atoms with Crippen LogP contribution in [-0.2, 0) is 4.74 Å². The second kappa shape index (κ2) is 5.13. The highest BCUT2D eigenvalue weighted by Gasteiger charge is 2.52. The van der Waals surface area contributed by atoms with Gasteiger partial charge in [0.1, 0.15) is 8.07 Å². The second-order valence-corrected chi connectivity index (χ2v) is 10.3. The molecule has 2 N–H and O–H groups in total. The number of aliphatic hydroxyl groups excluding tert-OH is 2. The van der Waals surface area contributed by atoms with E-state index in [1.807, 2.05) is 18.2 Å². The van der Waals surface area contributed by atoms with E-state index >= 15 is 0 Å². The fourth-order valence-electron chi connectivity index (χ4n) is 2.85. The van der Waals surface area contributed by atoms with Gasteiger partial charge in [-0.1, -0.05) is 48.6 Å². The minimum absolute atomic E-state index is 0.0393. The number of rotatable bonds is 4. The van der Waals surface area contributed by atoms with Crippen LogP contribution in [0.25, 0.3) is 0 Å². The molecule has 1 heterocycles. The Labute approximate surface area is 109 Å². The first-order chi connectivity index (χ1) is 8.55. The number of hydrogen-bond donors (Lipinski definition) is 2. The van der Waals surface area contributed by atoms with Gasteiger partial charge in [-0.05, 0) is 12.8 Å². The summed E-state index contributed by atoms with van der Waals surface area (Å²) in [7, 11) is -1.94. The van der Waals surface area contributed by atoms with Crippen molar-refractivity contribution in [1.82, 2.24) is 0 Å². The maximum atomic E-state index is 9.85. The van der Waals surface area contributed by atoms with Gasteiger partial charge < -0.3 is 14.9 Å². The minimum atomic E-state index is -1.94. The number of ether oxygens (including phenoxy) is 1. The zero-order valence-electron chi connectivity index (χ0n) is 11.1. The van der Waals surface area contributed by atoms with E-state index in [0.717, 1.165) is 12.8 Å². The van der Waals surface area contributed by atoms with E-state index in [0.29, 0.717) is 0 Å². The fraction of sp³-hybridized carbons (Fsp3) is 0.571. The highest BCUT2D eigenvalue weighted by molar-refractivity contribution is 6.92. The van der Waals surface area contributed by atoms with Crippen LogP contribution < -0.4 is 5.19 Å². The lowest BCUT2D eigenvalue weighted by Gasteiger charge is -2.41. The minimum Gasteiger partial charge on any atom is -0.394 e. The molecule has 4 heteroatoms. The van der Waals surface area contributed by atoms with Crippen LogP contribution in [0, 0.1) is 0 Å². The molecular formula is C14H22O3Si. The van der Waals surface area contributed by atoms with E-state index in [2.05, 4.69) is 25.2 Å². The molecule has 18 heavy (non-hydrogen) atoms. The maximum Gasteiger partial charge on any atom is 0.120 e. The van der Waals surface area contributed by atoms with Crippen LogP contribution in [0.2, 0.25) is 13.1 Å². The molecule has 1 aliphatic heterocycles. The van der Waals surface area contributed by atoms with E-state index in [4.69, 9.17) is 4.74 Å². The number of hydrogen-bond acceptors (Lipinski definition) is 3. The Bertz CT molecular complexity index is 393. The number of aliphatic hydroxyl groups is 2. The van der Waals surface area contributed by atoms with Crippen LogP contribution in [0.1, 0.15) is 12.8 Å². The lowest BCUT2D eigenvalue weighted by Crippen LogP contribution is -2.64. The highest BCUT2D eigenvalue weighted by Crippen LogP contribution is 2.37. The van der Waals surface area contributed by atoms with E-state index in [-0.39, 0.29) is 19.3 Å². The molecule has 2 rings (SSSR count). The molecule has 0 spiro atoms. The molecule has 0 saturated carbocycles. The van der Waals surface area contributed by atoms with Crippen LogP contribution in [0.3, 0.4) is 0 Å². The molecule has 2 atom stereocenters. The third-order valence-electron chi connectivity index (χ3n) is 4.36. The van der Waals surface area contributed by atoms with Gasteiger partial charge in [-0.15, -0.1) is 0 Å². The second-order valence-electron chi connectivity index (χ2n) is 5.60. The molecule has 1 aromatic carbocycles. The van der Waals surface area contributed by atoms with Gasteiger partial charge >= 0.3 is 0 Å². The summed E-state index contributed by atoms with van der Waals surface area (Å²) in [5.74, 6) is 0. The summed E-state index contributed by atoms with van der Waals surface area (Å²) in [6, 6.07) is 10.3. The van der Waals surface area contributed by atoms with Gasteiger partial charge in [0.05, 0.1) is 24.5 Å². The van der Waals surface area contributed by atoms with Crippen molar-refractivity contribution in [1.29, 1.82) is 0 Å². The van der Waals surface area contributed by atoms with Gasteiger partial charge in [0.15, 0.2) is 0 Å². The van der Waals surface area contributed by atoms with Crippen molar-refractivity contribution in [2.24, 2.45) is 0 Å². The quantitative estimate of drug-likeness (QED) is 0.801. The lowest BCUT2D eigenvalue weighted by atomic mass is 10.2. The molecule has 1 fully saturated rings. The first kappa shape index (κ1) is 13.7. The van der Waals surface area contributed by atoms with Gasteiger partial charge in [0.2, 0.25) is 0 Å².